The number of hydrogen-bond donors (Lipinski definition) is 0. The van der Waals surface area contributed by atoms with Crippen molar-refractivity contribution in [2.45, 2.75) is 32.2 Å². The van der Waals surface area contributed by atoms with Crippen molar-refractivity contribution in [1.29, 1.82) is 0 Å². The van der Waals surface area contributed by atoms with Gasteiger partial charge in [-0.2, -0.15) is 0 Å². The third kappa shape index (κ3) is 3.98. The molecule has 7 heteroatoms. The van der Waals surface area contributed by atoms with Gasteiger partial charge in [0, 0.05) is 37.0 Å². The van der Waals surface area contributed by atoms with Crippen molar-refractivity contribution in [2.24, 2.45) is 5.92 Å². The van der Waals surface area contributed by atoms with Gasteiger partial charge in [-0.05, 0) is 18.9 Å². The molecular formula is C12H19ClN2O3S. The lowest BCUT2D eigenvalue weighted by Gasteiger charge is -2.19. The summed E-state index contributed by atoms with van der Waals surface area (Å²) in [5.74, 6) is 0.136. The van der Waals surface area contributed by atoms with Gasteiger partial charge in [0.1, 0.15) is 10.6 Å². The van der Waals surface area contributed by atoms with E-state index in [1.165, 1.54) is 12.3 Å². The number of aryl methyl sites for hydroxylation is 1. The molecule has 1 heterocycles. The monoisotopic (exact) mass is 306 g/mol. The van der Waals surface area contributed by atoms with E-state index in [9.17, 15) is 13.2 Å². The van der Waals surface area contributed by atoms with Crippen LogP contribution in [0, 0.1) is 5.92 Å². The molecule has 1 aromatic rings. The first kappa shape index (κ1) is 16.0. The number of rotatable bonds is 5. The average molecular weight is 307 g/mol. The molecule has 0 saturated heterocycles. The first-order valence-electron chi connectivity index (χ1n) is 6.07. The number of aromatic nitrogens is 1. The maximum atomic E-state index is 12.3. The molecule has 0 aliphatic heterocycles. The van der Waals surface area contributed by atoms with Gasteiger partial charge in [-0.1, -0.05) is 13.8 Å². The smallest absolute Gasteiger partial charge is 0.270 e. The Bertz CT molecular complexity index is 564. The molecule has 0 N–H and O–H groups in total. The largest absolute Gasteiger partial charge is 0.342 e. The molecule has 108 valence electrons. The maximum Gasteiger partial charge on any atom is 0.270 e. The zero-order chi connectivity index (χ0) is 14.8. The fourth-order valence-electron chi connectivity index (χ4n) is 1.88. The molecule has 0 unspecified atom stereocenters. The van der Waals surface area contributed by atoms with Gasteiger partial charge in [0.15, 0.2) is 0 Å². The van der Waals surface area contributed by atoms with Gasteiger partial charge in [0.25, 0.3) is 15.0 Å². The second-order valence-electron chi connectivity index (χ2n) is 4.86. The molecule has 1 aromatic heterocycles. The predicted molar refractivity (Wildman–Crippen MR) is 74.9 cm³/mol. The van der Waals surface area contributed by atoms with Gasteiger partial charge in [0.2, 0.25) is 0 Å². The van der Waals surface area contributed by atoms with Crippen LogP contribution in [0.3, 0.4) is 0 Å². The van der Waals surface area contributed by atoms with Crippen molar-refractivity contribution in [1.82, 2.24) is 9.47 Å². The Morgan fingerprint density at radius 2 is 2.05 bits per heavy atom. The minimum Gasteiger partial charge on any atom is -0.342 e. The molecule has 19 heavy (non-hydrogen) atoms. The summed E-state index contributed by atoms with van der Waals surface area (Å²) in [5, 5.41) is 0. The van der Waals surface area contributed by atoms with Crippen LogP contribution in [0.15, 0.2) is 17.2 Å². The van der Waals surface area contributed by atoms with Crippen LogP contribution in [-0.2, 0) is 15.6 Å². The van der Waals surface area contributed by atoms with Crippen LogP contribution in [0.5, 0.6) is 0 Å². The molecular weight excluding hydrogens is 288 g/mol. The number of carbonyl (C=O) groups is 1. The molecule has 0 aliphatic carbocycles. The van der Waals surface area contributed by atoms with Gasteiger partial charge >= 0.3 is 0 Å². The topological polar surface area (TPSA) is 59.4 Å². The van der Waals surface area contributed by atoms with Crippen LogP contribution in [0.25, 0.3) is 0 Å². The number of hydrogen-bond acceptors (Lipinski definition) is 3. The van der Waals surface area contributed by atoms with Gasteiger partial charge in [-0.25, -0.2) is 8.42 Å². The maximum absolute atomic E-state index is 12.3. The molecule has 0 aliphatic rings. The summed E-state index contributed by atoms with van der Waals surface area (Å²) in [6, 6.07) is 1.32. The van der Waals surface area contributed by atoms with E-state index in [-0.39, 0.29) is 10.8 Å². The van der Waals surface area contributed by atoms with E-state index < -0.39 is 9.05 Å². The van der Waals surface area contributed by atoms with E-state index >= 15 is 0 Å². The molecule has 0 radical (unpaired) electrons. The minimum absolute atomic E-state index is 0.0442. The van der Waals surface area contributed by atoms with Crippen molar-refractivity contribution >= 4 is 25.6 Å². The molecule has 5 nitrogen and oxygen atoms in total. The second kappa shape index (κ2) is 5.96. The van der Waals surface area contributed by atoms with Gasteiger partial charge < -0.3 is 9.47 Å². The Labute approximate surface area is 118 Å². The highest BCUT2D eigenvalue weighted by molar-refractivity contribution is 8.13. The van der Waals surface area contributed by atoms with Gasteiger partial charge in [-0.3, -0.25) is 4.79 Å². The standard InChI is InChI=1S/C12H19ClN2O3S/c1-5-15-8-10(19(13,17)18)6-11(15)12(16)14(4)7-9(2)3/h6,8-9H,5,7H2,1-4H3. The summed E-state index contributed by atoms with van der Waals surface area (Å²) in [6.07, 6.45) is 1.39. The Hall–Kier alpha value is -1.01. The first-order chi connectivity index (χ1) is 8.66. The lowest BCUT2D eigenvalue weighted by atomic mass is 10.2. The number of amides is 1. The Kier molecular flexibility index (Phi) is 5.04. The predicted octanol–water partition coefficient (Wildman–Crippen LogP) is 2.16. The molecule has 1 rings (SSSR count). The van der Waals surface area contributed by atoms with Crippen molar-refractivity contribution in [3.8, 4) is 0 Å². The molecule has 0 saturated carbocycles. The van der Waals surface area contributed by atoms with Crippen LogP contribution in [0.1, 0.15) is 31.3 Å². The number of halogens is 1. The summed E-state index contributed by atoms with van der Waals surface area (Å²) in [5.41, 5.74) is 0.338. The van der Waals surface area contributed by atoms with Gasteiger partial charge in [0.05, 0.1) is 0 Å². The SMILES string of the molecule is CCn1cc(S(=O)(=O)Cl)cc1C(=O)N(C)CC(C)C. The average Bonchev–Trinajstić information content (AvgIpc) is 2.70. The molecule has 0 atom stereocenters. The minimum atomic E-state index is -3.82. The second-order valence-corrected chi connectivity index (χ2v) is 7.43. The quantitative estimate of drug-likeness (QED) is 0.783. The highest BCUT2D eigenvalue weighted by Gasteiger charge is 2.21. The van der Waals surface area contributed by atoms with E-state index in [2.05, 4.69) is 0 Å². The molecule has 1 amide bonds. The van der Waals surface area contributed by atoms with E-state index in [4.69, 9.17) is 10.7 Å². The Balaban J connectivity index is 3.13. The summed E-state index contributed by atoms with van der Waals surface area (Å²) in [4.78, 5) is 13.8. The van der Waals surface area contributed by atoms with E-state index in [0.717, 1.165) is 0 Å². The van der Waals surface area contributed by atoms with Crippen LogP contribution < -0.4 is 0 Å². The first-order valence-corrected chi connectivity index (χ1v) is 8.38. The van der Waals surface area contributed by atoms with E-state index in [1.807, 2.05) is 20.8 Å². The molecule has 0 aromatic carbocycles. The van der Waals surface area contributed by atoms with Crippen molar-refractivity contribution < 1.29 is 13.2 Å². The molecule has 0 fully saturated rings. The number of carbonyl (C=O) groups excluding carboxylic acids is 1. The highest BCUT2D eigenvalue weighted by Crippen LogP contribution is 2.19. The summed E-state index contributed by atoms with van der Waals surface area (Å²) in [7, 11) is 3.19. The van der Waals surface area contributed by atoms with Crippen LogP contribution >= 0.6 is 10.7 Å². The summed E-state index contributed by atoms with van der Waals surface area (Å²) >= 11 is 0. The Morgan fingerprint density at radius 1 is 1.47 bits per heavy atom. The fourth-order valence-corrected chi connectivity index (χ4v) is 2.64. The lowest BCUT2D eigenvalue weighted by Crippen LogP contribution is -2.31. The normalized spacial score (nSPS) is 11.9. The van der Waals surface area contributed by atoms with Crippen molar-refractivity contribution in [3.63, 3.8) is 0 Å². The highest BCUT2D eigenvalue weighted by atomic mass is 35.7. The zero-order valence-corrected chi connectivity index (χ0v) is 13.1. The van der Waals surface area contributed by atoms with E-state index in [0.29, 0.717) is 24.7 Å². The van der Waals surface area contributed by atoms with Crippen molar-refractivity contribution in [2.75, 3.05) is 13.6 Å². The zero-order valence-electron chi connectivity index (χ0n) is 11.6. The molecule has 0 bridgehead atoms. The van der Waals surface area contributed by atoms with Crippen LogP contribution in [-0.4, -0.2) is 37.4 Å². The van der Waals surface area contributed by atoms with E-state index in [1.54, 1.807) is 16.5 Å². The summed E-state index contributed by atoms with van der Waals surface area (Å²) < 4.78 is 24.2. The third-order valence-corrected chi connectivity index (χ3v) is 4.02. The van der Waals surface area contributed by atoms with Crippen LogP contribution in [0.2, 0.25) is 0 Å². The van der Waals surface area contributed by atoms with Crippen LogP contribution in [0.4, 0.5) is 0 Å². The third-order valence-electron chi connectivity index (χ3n) is 2.70. The van der Waals surface area contributed by atoms with Crippen molar-refractivity contribution in [3.05, 3.63) is 18.0 Å². The molecule has 0 spiro atoms. The van der Waals surface area contributed by atoms with Gasteiger partial charge in [-0.15, -0.1) is 0 Å². The fraction of sp³-hybridized carbons (Fsp3) is 0.583. The lowest BCUT2D eigenvalue weighted by molar-refractivity contribution is 0.0768. The Morgan fingerprint density at radius 3 is 2.47 bits per heavy atom. The number of nitrogens with zero attached hydrogens (tertiary/aromatic N) is 2. The summed E-state index contributed by atoms with van der Waals surface area (Å²) in [6.45, 7) is 6.97.